The molecule has 7 heteroatoms. The molecular weight excluding hydrogens is 364 g/mol. The second kappa shape index (κ2) is 8.54. The number of morpholine rings is 1. The average Bonchev–Trinajstić information content (AvgIpc) is 2.70. The van der Waals surface area contributed by atoms with Gasteiger partial charge in [-0.3, -0.25) is 9.52 Å². The molecule has 1 aliphatic rings. The van der Waals surface area contributed by atoms with Crippen LogP contribution in [0.15, 0.2) is 53.4 Å². The van der Waals surface area contributed by atoms with Gasteiger partial charge in [-0.25, -0.2) is 8.42 Å². The van der Waals surface area contributed by atoms with Crippen molar-refractivity contribution in [3.8, 4) is 0 Å². The Kier molecular flexibility index (Phi) is 6.13. The van der Waals surface area contributed by atoms with Crippen molar-refractivity contribution < 1.29 is 17.9 Å². The van der Waals surface area contributed by atoms with Crippen molar-refractivity contribution in [1.29, 1.82) is 0 Å². The first-order valence-corrected chi connectivity index (χ1v) is 10.5. The van der Waals surface area contributed by atoms with Crippen LogP contribution in [0, 0.1) is 0 Å². The zero-order valence-electron chi connectivity index (χ0n) is 15.3. The quantitative estimate of drug-likeness (QED) is 0.825. The molecule has 144 valence electrons. The van der Waals surface area contributed by atoms with E-state index in [1.807, 2.05) is 19.1 Å². The zero-order chi connectivity index (χ0) is 19.3. The predicted octanol–water partition coefficient (Wildman–Crippen LogP) is 2.45. The summed E-state index contributed by atoms with van der Waals surface area (Å²) in [4.78, 5) is 14.3. The SMILES string of the molecule is CCc1ccc(S(=O)(=O)Nc2ccc(CC(=O)N3CCOCC3)cc2)cc1. The van der Waals surface area contributed by atoms with Gasteiger partial charge in [0.1, 0.15) is 0 Å². The van der Waals surface area contributed by atoms with E-state index in [-0.39, 0.29) is 10.8 Å². The van der Waals surface area contributed by atoms with E-state index in [0.29, 0.717) is 38.4 Å². The second-order valence-corrected chi connectivity index (χ2v) is 8.15. The molecule has 27 heavy (non-hydrogen) atoms. The van der Waals surface area contributed by atoms with Crippen molar-refractivity contribution in [2.24, 2.45) is 0 Å². The van der Waals surface area contributed by atoms with Gasteiger partial charge in [-0.05, 0) is 41.8 Å². The Hall–Kier alpha value is -2.38. The predicted molar refractivity (Wildman–Crippen MR) is 104 cm³/mol. The summed E-state index contributed by atoms with van der Waals surface area (Å²) >= 11 is 0. The van der Waals surface area contributed by atoms with Gasteiger partial charge in [0.05, 0.1) is 24.5 Å². The third kappa shape index (κ3) is 5.08. The molecule has 2 aromatic carbocycles. The lowest BCUT2D eigenvalue weighted by Crippen LogP contribution is -2.41. The van der Waals surface area contributed by atoms with E-state index < -0.39 is 10.0 Å². The number of aryl methyl sites for hydroxylation is 1. The second-order valence-electron chi connectivity index (χ2n) is 6.47. The third-order valence-electron chi connectivity index (χ3n) is 4.57. The monoisotopic (exact) mass is 388 g/mol. The molecule has 0 bridgehead atoms. The van der Waals surface area contributed by atoms with E-state index in [1.165, 1.54) is 0 Å². The highest BCUT2D eigenvalue weighted by molar-refractivity contribution is 7.92. The molecule has 1 fully saturated rings. The highest BCUT2D eigenvalue weighted by Crippen LogP contribution is 2.18. The number of anilines is 1. The minimum atomic E-state index is -3.63. The first-order chi connectivity index (χ1) is 13.0. The maximum atomic E-state index is 12.5. The molecule has 1 aliphatic heterocycles. The molecule has 1 N–H and O–H groups in total. The number of amides is 1. The molecule has 2 aromatic rings. The van der Waals surface area contributed by atoms with Gasteiger partial charge >= 0.3 is 0 Å². The van der Waals surface area contributed by atoms with Crippen LogP contribution in [0.25, 0.3) is 0 Å². The molecule has 0 unspecified atom stereocenters. The van der Waals surface area contributed by atoms with Crippen LogP contribution < -0.4 is 4.72 Å². The van der Waals surface area contributed by atoms with Crippen LogP contribution in [0.5, 0.6) is 0 Å². The summed E-state index contributed by atoms with van der Waals surface area (Å²) in [6.07, 6.45) is 1.16. The third-order valence-corrected chi connectivity index (χ3v) is 5.96. The molecule has 1 amide bonds. The summed E-state index contributed by atoms with van der Waals surface area (Å²) < 4.78 is 32.8. The van der Waals surface area contributed by atoms with Crippen molar-refractivity contribution in [3.05, 3.63) is 59.7 Å². The largest absolute Gasteiger partial charge is 0.378 e. The lowest BCUT2D eigenvalue weighted by Gasteiger charge is -2.26. The Labute approximate surface area is 160 Å². The first-order valence-electron chi connectivity index (χ1n) is 9.04. The maximum Gasteiger partial charge on any atom is 0.261 e. The van der Waals surface area contributed by atoms with E-state index in [9.17, 15) is 13.2 Å². The van der Waals surface area contributed by atoms with Gasteiger partial charge in [0.2, 0.25) is 5.91 Å². The first kappa shape index (κ1) is 19.4. The van der Waals surface area contributed by atoms with Crippen molar-refractivity contribution >= 4 is 21.6 Å². The number of ether oxygens (including phenoxy) is 1. The van der Waals surface area contributed by atoms with E-state index in [1.54, 1.807) is 41.3 Å². The number of nitrogens with zero attached hydrogens (tertiary/aromatic N) is 1. The van der Waals surface area contributed by atoms with Crippen LogP contribution in [0.4, 0.5) is 5.69 Å². The van der Waals surface area contributed by atoms with Crippen LogP contribution in [0.2, 0.25) is 0 Å². The van der Waals surface area contributed by atoms with Crippen LogP contribution in [0.1, 0.15) is 18.1 Å². The van der Waals surface area contributed by atoms with Gasteiger partial charge in [0.15, 0.2) is 0 Å². The highest BCUT2D eigenvalue weighted by Gasteiger charge is 2.17. The molecule has 0 saturated carbocycles. The summed E-state index contributed by atoms with van der Waals surface area (Å²) in [6, 6.07) is 13.8. The minimum absolute atomic E-state index is 0.0580. The Balaban J connectivity index is 1.63. The number of nitrogens with one attached hydrogen (secondary N) is 1. The van der Waals surface area contributed by atoms with Crippen LogP contribution in [0.3, 0.4) is 0 Å². The molecule has 0 aromatic heterocycles. The fourth-order valence-electron chi connectivity index (χ4n) is 2.91. The smallest absolute Gasteiger partial charge is 0.261 e. The molecular formula is C20H24N2O4S. The Bertz CT molecular complexity index is 871. The summed E-state index contributed by atoms with van der Waals surface area (Å²) in [5.74, 6) is 0.0580. The standard InChI is InChI=1S/C20H24N2O4S/c1-2-16-5-9-19(10-6-16)27(24,25)21-18-7-3-17(4-8-18)15-20(23)22-11-13-26-14-12-22/h3-10,21H,2,11-15H2,1H3. The average molecular weight is 388 g/mol. The highest BCUT2D eigenvalue weighted by atomic mass is 32.2. The van der Waals surface area contributed by atoms with Gasteiger partial charge in [0.25, 0.3) is 10.0 Å². The molecule has 6 nitrogen and oxygen atoms in total. The Morgan fingerprint density at radius 2 is 1.59 bits per heavy atom. The summed E-state index contributed by atoms with van der Waals surface area (Å²) in [6.45, 7) is 4.41. The topological polar surface area (TPSA) is 75.7 Å². The number of rotatable bonds is 6. The Morgan fingerprint density at radius 3 is 2.19 bits per heavy atom. The lowest BCUT2D eigenvalue weighted by atomic mass is 10.1. The molecule has 0 aliphatic carbocycles. The maximum absolute atomic E-state index is 12.5. The van der Waals surface area contributed by atoms with Crippen molar-refractivity contribution in [1.82, 2.24) is 4.90 Å². The minimum Gasteiger partial charge on any atom is -0.378 e. The number of carbonyl (C=O) groups excluding carboxylic acids is 1. The van der Waals surface area contributed by atoms with Crippen molar-refractivity contribution in [2.45, 2.75) is 24.7 Å². The normalized spacial score (nSPS) is 14.8. The van der Waals surface area contributed by atoms with Crippen molar-refractivity contribution in [2.75, 3.05) is 31.0 Å². The van der Waals surface area contributed by atoms with Gasteiger partial charge in [-0.15, -0.1) is 0 Å². The summed E-state index contributed by atoms with van der Waals surface area (Å²) in [5.41, 5.74) is 2.40. The number of sulfonamides is 1. The summed E-state index contributed by atoms with van der Waals surface area (Å²) in [5, 5.41) is 0. The van der Waals surface area contributed by atoms with Crippen LogP contribution in [-0.2, 0) is 32.4 Å². The van der Waals surface area contributed by atoms with E-state index in [0.717, 1.165) is 17.5 Å². The molecule has 0 radical (unpaired) electrons. The van der Waals surface area contributed by atoms with Gasteiger partial charge < -0.3 is 9.64 Å². The summed E-state index contributed by atoms with van der Waals surface area (Å²) in [7, 11) is -3.63. The van der Waals surface area contributed by atoms with Crippen LogP contribution in [-0.4, -0.2) is 45.5 Å². The van der Waals surface area contributed by atoms with Gasteiger partial charge in [-0.2, -0.15) is 0 Å². The number of carbonyl (C=O) groups is 1. The molecule has 0 atom stereocenters. The van der Waals surface area contributed by atoms with Crippen LogP contribution >= 0.6 is 0 Å². The molecule has 1 saturated heterocycles. The van der Waals surface area contributed by atoms with E-state index >= 15 is 0 Å². The fourth-order valence-corrected chi connectivity index (χ4v) is 3.97. The number of hydrogen-bond acceptors (Lipinski definition) is 4. The molecule has 1 heterocycles. The zero-order valence-corrected chi connectivity index (χ0v) is 16.2. The molecule has 3 rings (SSSR count). The number of benzene rings is 2. The Morgan fingerprint density at radius 1 is 1.00 bits per heavy atom. The fraction of sp³-hybridized carbons (Fsp3) is 0.350. The van der Waals surface area contributed by atoms with Gasteiger partial charge in [0, 0.05) is 18.8 Å². The van der Waals surface area contributed by atoms with E-state index in [2.05, 4.69) is 4.72 Å². The number of hydrogen-bond donors (Lipinski definition) is 1. The molecule has 0 spiro atoms. The lowest BCUT2D eigenvalue weighted by molar-refractivity contribution is -0.134. The van der Waals surface area contributed by atoms with Crippen molar-refractivity contribution in [3.63, 3.8) is 0 Å². The van der Waals surface area contributed by atoms with E-state index in [4.69, 9.17) is 4.74 Å². The van der Waals surface area contributed by atoms with Gasteiger partial charge in [-0.1, -0.05) is 31.2 Å².